The van der Waals surface area contributed by atoms with Crippen LogP contribution in [0.1, 0.15) is 12.8 Å². The Morgan fingerprint density at radius 1 is 1.28 bits per heavy atom. The minimum Gasteiger partial charge on any atom is -0.312 e. The number of alkyl halides is 1. The molecule has 1 fully saturated rings. The van der Waals surface area contributed by atoms with E-state index in [4.69, 9.17) is 0 Å². The molecular weight excluding hydrogens is 320 g/mol. The van der Waals surface area contributed by atoms with Crippen molar-refractivity contribution in [2.75, 3.05) is 20.8 Å². The number of anilines is 2. The lowest BCUT2D eigenvalue weighted by Crippen LogP contribution is -2.23. The molecule has 1 aliphatic rings. The van der Waals surface area contributed by atoms with Gasteiger partial charge in [0, 0.05) is 24.3 Å². The standard InChI is InChI=1S/C11H13BrN2O3S/c12-8-18(16,17)13-9-3-5-10(6-4-9)14-7-1-2-11(14)15/h3-6,13H,1-2,7-8H2. The molecule has 1 aromatic rings. The molecule has 1 amide bonds. The van der Waals surface area contributed by atoms with Gasteiger partial charge in [0.2, 0.25) is 15.9 Å². The Labute approximate surface area is 114 Å². The van der Waals surface area contributed by atoms with Crippen molar-refractivity contribution in [2.24, 2.45) is 0 Å². The van der Waals surface area contributed by atoms with Crippen LogP contribution in [0.4, 0.5) is 11.4 Å². The van der Waals surface area contributed by atoms with Crippen LogP contribution in [0, 0.1) is 0 Å². The summed E-state index contributed by atoms with van der Waals surface area (Å²) in [6.07, 6.45) is 1.45. The molecule has 98 valence electrons. The molecule has 0 atom stereocenters. The van der Waals surface area contributed by atoms with Gasteiger partial charge in [0.1, 0.15) is 4.66 Å². The normalized spacial score (nSPS) is 16.1. The number of benzene rings is 1. The van der Waals surface area contributed by atoms with E-state index in [2.05, 4.69) is 20.7 Å². The van der Waals surface area contributed by atoms with E-state index in [-0.39, 0.29) is 10.6 Å². The van der Waals surface area contributed by atoms with Crippen molar-refractivity contribution in [3.8, 4) is 0 Å². The Morgan fingerprint density at radius 2 is 1.94 bits per heavy atom. The van der Waals surface area contributed by atoms with E-state index in [1.54, 1.807) is 29.2 Å². The van der Waals surface area contributed by atoms with Crippen LogP contribution >= 0.6 is 15.9 Å². The van der Waals surface area contributed by atoms with E-state index in [9.17, 15) is 13.2 Å². The summed E-state index contributed by atoms with van der Waals surface area (Å²) in [5, 5.41) is 0. The van der Waals surface area contributed by atoms with Crippen molar-refractivity contribution in [3.05, 3.63) is 24.3 Å². The minimum atomic E-state index is -3.33. The van der Waals surface area contributed by atoms with Crippen molar-refractivity contribution < 1.29 is 13.2 Å². The molecule has 1 N–H and O–H groups in total. The van der Waals surface area contributed by atoms with E-state index in [1.165, 1.54) is 0 Å². The molecule has 0 aromatic heterocycles. The van der Waals surface area contributed by atoms with Crippen LogP contribution in [0.15, 0.2) is 24.3 Å². The summed E-state index contributed by atoms with van der Waals surface area (Å²) in [5.41, 5.74) is 1.30. The zero-order valence-electron chi connectivity index (χ0n) is 9.60. The predicted octanol–water partition coefficient (Wildman–Crippen LogP) is 1.91. The summed E-state index contributed by atoms with van der Waals surface area (Å²) in [7, 11) is -3.33. The predicted molar refractivity (Wildman–Crippen MR) is 74.4 cm³/mol. The lowest BCUT2D eigenvalue weighted by atomic mass is 10.2. The SMILES string of the molecule is O=C1CCCN1c1ccc(NS(=O)(=O)CBr)cc1. The third kappa shape index (κ3) is 3.02. The van der Waals surface area contributed by atoms with Crippen LogP contribution < -0.4 is 9.62 Å². The summed E-state index contributed by atoms with van der Waals surface area (Å²) in [4.78, 5) is 13.3. The van der Waals surface area contributed by atoms with Gasteiger partial charge in [-0.15, -0.1) is 0 Å². The van der Waals surface area contributed by atoms with Crippen LogP contribution in [0.25, 0.3) is 0 Å². The van der Waals surface area contributed by atoms with Gasteiger partial charge in [-0.25, -0.2) is 8.42 Å². The van der Waals surface area contributed by atoms with Gasteiger partial charge < -0.3 is 4.90 Å². The third-order valence-electron chi connectivity index (χ3n) is 2.67. The second-order valence-corrected chi connectivity index (χ2v) is 7.05. The molecule has 1 heterocycles. The fourth-order valence-corrected chi connectivity index (χ4v) is 2.73. The number of sulfonamides is 1. The van der Waals surface area contributed by atoms with Gasteiger partial charge in [-0.3, -0.25) is 9.52 Å². The Bertz CT molecular complexity index is 542. The van der Waals surface area contributed by atoms with Crippen molar-refractivity contribution in [2.45, 2.75) is 12.8 Å². The van der Waals surface area contributed by atoms with Crippen LogP contribution in [-0.4, -0.2) is 25.5 Å². The highest BCUT2D eigenvalue weighted by molar-refractivity contribution is 9.10. The van der Waals surface area contributed by atoms with E-state index < -0.39 is 10.0 Å². The third-order valence-corrected chi connectivity index (χ3v) is 5.31. The quantitative estimate of drug-likeness (QED) is 0.856. The van der Waals surface area contributed by atoms with Gasteiger partial charge in [-0.2, -0.15) is 0 Å². The summed E-state index contributed by atoms with van der Waals surface area (Å²) < 4.78 is 25.0. The van der Waals surface area contributed by atoms with Crippen molar-refractivity contribution in [1.82, 2.24) is 0 Å². The number of hydrogen-bond acceptors (Lipinski definition) is 3. The van der Waals surface area contributed by atoms with Crippen LogP contribution in [-0.2, 0) is 14.8 Å². The van der Waals surface area contributed by atoms with E-state index in [0.717, 1.165) is 18.7 Å². The maximum absolute atomic E-state index is 11.5. The minimum absolute atomic E-state index is 0.115. The summed E-state index contributed by atoms with van der Waals surface area (Å²) in [6.45, 7) is 0.727. The Kier molecular flexibility index (Phi) is 3.91. The van der Waals surface area contributed by atoms with Gasteiger partial charge in [0.05, 0.1) is 0 Å². The average Bonchev–Trinajstić information content (AvgIpc) is 2.76. The molecule has 18 heavy (non-hydrogen) atoms. The van der Waals surface area contributed by atoms with Crippen LogP contribution in [0.2, 0.25) is 0 Å². The molecule has 0 saturated carbocycles. The first-order valence-electron chi connectivity index (χ1n) is 5.49. The Hall–Kier alpha value is -1.08. The zero-order chi connectivity index (χ0) is 13.2. The first kappa shape index (κ1) is 13.4. The number of nitrogens with one attached hydrogen (secondary N) is 1. The lowest BCUT2D eigenvalue weighted by molar-refractivity contribution is -0.117. The van der Waals surface area contributed by atoms with E-state index in [1.807, 2.05) is 0 Å². The zero-order valence-corrected chi connectivity index (χ0v) is 12.0. The first-order valence-corrected chi connectivity index (χ1v) is 8.26. The monoisotopic (exact) mass is 332 g/mol. The fourth-order valence-electron chi connectivity index (χ4n) is 1.84. The summed E-state index contributed by atoms with van der Waals surface area (Å²) in [5.74, 6) is 0.115. The van der Waals surface area contributed by atoms with Crippen molar-refractivity contribution in [1.29, 1.82) is 0 Å². The number of hydrogen-bond donors (Lipinski definition) is 1. The van der Waals surface area contributed by atoms with Gasteiger partial charge in [0.15, 0.2) is 0 Å². The molecule has 0 radical (unpaired) electrons. The molecule has 1 aliphatic heterocycles. The molecule has 2 rings (SSSR count). The van der Waals surface area contributed by atoms with E-state index >= 15 is 0 Å². The van der Waals surface area contributed by atoms with Crippen molar-refractivity contribution >= 4 is 43.2 Å². The molecular formula is C11H13BrN2O3S. The number of halogens is 1. The highest BCUT2D eigenvalue weighted by Crippen LogP contribution is 2.23. The van der Waals surface area contributed by atoms with Crippen LogP contribution in [0.5, 0.6) is 0 Å². The summed E-state index contributed by atoms with van der Waals surface area (Å²) in [6, 6.07) is 6.80. The number of amides is 1. The number of carbonyl (C=O) groups excluding carboxylic acids is 1. The largest absolute Gasteiger partial charge is 0.312 e. The molecule has 5 nitrogen and oxygen atoms in total. The maximum atomic E-state index is 11.5. The fraction of sp³-hybridized carbons (Fsp3) is 0.364. The lowest BCUT2D eigenvalue weighted by Gasteiger charge is -2.16. The molecule has 1 aromatic carbocycles. The van der Waals surface area contributed by atoms with Gasteiger partial charge in [0.25, 0.3) is 0 Å². The van der Waals surface area contributed by atoms with E-state index in [0.29, 0.717) is 12.1 Å². The number of nitrogens with zero attached hydrogens (tertiary/aromatic N) is 1. The Morgan fingerprint density at radius 3 is 2.44 bits per heavy atom. The highest BCUT2D eigenvalue weighted by Gasteiger charge is 2.21. The maximum Gasteiger partial charge on any atom is 0.242 e. The average molecular weight is 333 g/mol. The van der Waals surface area contributed by atoms with Gasteiger partial charge in [-0.05, 0) is 30.7 Å². The highest BCUT2D eigenvalue weighted by atomic mass is 79.9. The molecule has 0 unspecified atom stereocenters. The van der Waals surface area contributed by atoms with Gasteiger partial charge in [-0.1, -0.05) is 15.9 Å². The smallest absolute Gasteiger partial charge is 0.242 e. The first-order chi connectivity index (χ1) is 8.52. The number of carbonyl (C=O) groups is 1. The molecule has 0 bridgehead atoms. The molecule has 0 aliphatic carbocycles. The second kappa shape index (κ2) is 5.27. The second-order valence-electron chi connectivity index (χ2n) is 4.02. The molecule has 7 heteroatoms. The summed E-state index contributed by atoms with van der Waals surface area (Å²) >= 11 is 2.90. The Balaban J connectivity index is 2.13. The van der Waals surface area contributed by atoms with Gasteiger partial charge >= 0.3 is 0 Å². The number of rotatable bonds is 4. The molecule has 1 saturated heterocycles. The van der Waals surface area contributed by atoms with Crippen LogP contribution in [0.3, 0.4) is 0 Å². The molecule has 0 spiro atoms. The van der Waals surface area contributed by atoms with Crippen molar-refractivity contribution in [3.63, 3.8) is 0 Å². The topological polar surface area (TPSA) is 66.5 Å².